The van der Waals surface area contributed by atoms with Gasteiger partial charge in [-0.2, -0.15) is 0 Å². The zero-order chi connectivity index (χ0) is 15.1. The van der Waals surface area contributed by atoms with E-state index in [0.29, 0.717) is 18.0 Å². The summed E-state index contributed by atoms with van der Waals surface area (Å²) in [5.41, 5.74) is 0.992. The van der Waals surface area contributed by atoms with E-state index in [0.717, 1.165) is 12.0 Å². The summed E-state index contributed by atoms with van der Waals surface area (Å²) in [6.45, 7) is 2.50. The monoisotopic (exact) mass is 284 g/mol. The first-order valence-corrected chi connectivity index (χ1v) is 6.55. The lowest BCUT2D eigenvalue weighted by Gasteiger charge is -2.05. The van der Waals surface area contributed by atoms with E-state index in [4.69, 9.17) is 4.74 Å². The van der Waals surface area contributed by atoms with Gasteiger partial charge in [-0.25, -0.2) is 4.99 Å². The Balaban J connectivity index is 1.97. The summed E-state index contributed by atoms with van der Waals surface area (Å²) in [6, 6.07) is 13.6. The van der Waals surface area contributed by atoms with Crippen LogP contribution in [-0.4, -0.2) is 23.8 Å². The molecule has 2 aromatic rings. The molecule has 2 aromatic carbocycles. The van der Waals surface area contributed by atoms with Crippen LogP contribution in [0, 0.1) is 0 Å². The van der Waals surface area contributed by atoms with Gasteiger partial charge in [-0.3, -0.25) is 4.79 Å². The number of nitrogens with one attached hydrogen (secondary N) is 1. The molecule has 0 unspecified atom stereocenters. The second-order valence-corrected chi connectivity index (χ2v) is 4.19. The summed E-state index contributed by atoms with van der Waals surface area (Å²) in [6.07, 6.45) is 1.13. The summed E-state index contributed by atoms with van der Waals surface area (Å²) in [7, 11) is 0. The van der Waals surface area contributed by atoms with Gasteiger partial charge in [0.15, 0.2) is 0 Å². The Hall–Kier alpha value is -2.82. The summed E-state index contributed by atoms with van der Waals surface area (Å²) in [4.78, 5) is 15.7. The maximum Gasteiger partial charge on any atom is 0.266 e. The number of phenolic OH excluding ortho intramolecular Hbond substituents is 1. The molecule has 0 heterocycles. The first kappa shape index (κ1) is 14.6. The van der Waals surface area contributed by atoms with E-state index < -0.39 is 0 Å². The number of hydrogen-bond donors (Lipinski definition) is 2. The van der Waals surface area contributed by atoms with Gasteiger partial charge >= 0.3 is 0 Å². The van der Waals surface area contributed by atoms with Gasteiger partial charge in [0.05, 0.1) is 12.8 Å². The largest absolute Gasteiger partial charge is 0.506 e. The van der Waals surface area contributed by atoms with Crippen LogP contribution in [0.2, 0.25) is 0 Å². The van der Waals surface area contributed by atoms with E-state index in [1.807, 2.05) is 6.92 Å². The molecule has 0 saturated heterocycles. The molecule has 5 heteroatoms. The van der Waals surface area contributed by atoms with Crippen LogP contribution in [0.4, 0.5) is 11.4 Å². The minimum absolute atomic E-state index is 0.0302. The highest BCUT2D eigenvalue weighted by Crippen LogP contribution is 2.24. The fraction of sp³-hybridized carbons (Fsp3) is 0.125. The lowest BCUT2D eigenvalue weighted by molar-refractivity contribution is -0.109. The first-order valence-electron chi connectivity index (χ1n) is 6.55. The van der Waals surface area contributed by atoms with Crippen molar-refractivity contribution in [3.05, 3.63) is 48.5 Å². The molecule has 21 heavy (non-hydrogen) atoms. The number of amides is 1. The fourth-order valence-electron chi connectivity index (χ4n) is 1.68. The molecule has 2 rings (SSSR count). The third-order valence-electron chi connectivity index (χ3n) is 2.64. The van der Waals surface area contributed by atoms with Gasteiger partial charge in [-0.1, -0.05) is 12.1 Å². The highest BCUT2D eigenvalue weighted by Gasteiger charge is 2.01. The van der Waals surface area contributed by atoms with Crippen LogP contribution < -0.4 is 10.1 Å². The molecule has 0 saturated carbocycles. The molecule has 0 radical (unpaired) electrons. The number of hydrogen-bond acceptors (Lipinski definition) is 4. The van der Waals surface area contributed by atoms with E-state index in [9.17, 15) is 9.90 Å². The SMILES string of the molecule is CCOc1ccc(NC(=O)C=Nc2ccccc2O)cc1. The van der Waals surface area contributed by atoms with E-state index in [-0.39, 0.29) is 11.7 Å². The average Bonchev–Trinajstić information content (AvgIpc) is 2.49. The van der Waals surface area contributed by atoms with Crippen molar-refractivity contribution in [1.29, 1.82) is 0 Å². The van der Waals surface area contributed by atoms with Crippen molar-refractivity contribution in [2.45, 2.75) is 6.92 Å². The van der Waals surface area contributed by atoms with Gasteiger partial charge in [0.2, 0.25) is 0 Å². The third kappa shape index (κ3) is 4.35. The Morgan fingerprint density at radius 1 is 1.24 bits per heavy atom. The predicted octanol–water partition coefficient (Wildman–Crippen LogP) is 3.13. The minimum atomic E-state index is -0.373. The maximum absolute atomic E-state index is 11.7. The van der Waals surface area contributed by atoms with Crippen LogP contribution in [-0.2, 0) is 4.79 Å². The maximum atomic E-state index is 11.7. The van der Waals surface area contributed by atoms with Gasteiger partial charge in [0, 0.05) is 5.69 Å². The van der Waals surface area contributed by atoms with Gasteiger partial charge < -0.3 is 15.2 Å². The van der Waals surface area contributed by atoms with Gasteiger partial charge in [0.25, 0.3) is 5.91 Å². The number of phenols is 1. The predicted molar refractivity (Wildman–Crippen MR) is 82.5 cm³/mol. The number of ether oxygens (including phenoxy) is 1. The summed E-state index contributed by atoms with van der Waals surface area (Å²) in [5, 5.41) is 12.2. The zero-order valence-corrected chi connectivity index (χ0v) is 11.6. The van der Waals surface area contributed by atoms with Crippen molar-refractivity contribution in [3.63, 3.8) is 0 Å². The standard InChI is InChI=1S/C16H16N2O3/c1-2-21-13-9-7-12(8-10-13)18-16(20)11-17-14-5-3-4-6-15(14)19/h3-11,19H,2H2,1H3,(H,18,20). The summed E-state index contributed by atoms with van der Waals surface area (Å²) < 4.78 is 5.32. The second kappa shape index (κ2) is 7.09. The summed E-state index contributed by atoms with van der Waals surface area (Å²) in [5.74, 6) is 0.406. The third-order valence-corrected chi connectivity index (χ3v) is 2.64. The first-order chi connectivity index (χ1) is 10.2. The number of carbonyl (C=O) groups excluding carboxylic acids is 1. The molecule has 0 atom stereocenters. The molecule has 0 fully saturated rings. The molecule has 0 aliphatic rings. The molecular weight excluding hydrogens is 268 g/mol. The number of anilines is 1. The Labute approximate surface area is 122 Å². The molecule has 1 amide bonds. The van der Waals surface area contributed by atoms with E-state index in [2.05, 4.69) is 10.3 Å². The summed E-state index contributed by atoms with van der Waals surface area (Å²) >= 11 is 0. The molecule has 5 nitrogen and oxygen atoms in total. The van der Waals surface area contributed by atoms with Crippen molar-refractivity contribution in [3.8, 4) is 11.5 Å². The molecule has 0 aliphatic carbocycles. The number of para-hydroxylation sites is 2. The van der Waals surface area contributed by atoms with Crippen molar-refractivity contribution in [2.75, 3.05) is 11.9 Å². The van der Waals surface area contributed by atoms with E-state index >= 15 is 0 Å². The lowest BCUT2D eigenvalue weighted by Crippen LogP contribution is -2.12. The Bertz CT molecular complexity index is 636. The highest BCUT2D eigenvalue weighted by molar-refractivity contribution is 6.32. The highest BCUT2D eigenvalue weighted by atomic mass is 16.5. The normalized spacial score (nSPS) is 10.5. The lowest BCUT2D eigenvalue weighted by atomic mass is 10.3. The Morgan fingerprint density at radius 3 is 2.62 bits per heavy atom. The zero-order valence-electron chi connectivity index (χ0n) is 11.6. The van der Waals surface area contributed by atoms with E-state index in [1.165, 1.54) is 6.07 Å². The van der Waals surface area contributed by atoms with Gasteiger partial charge in [-0.15, -0.1) is 0 Å². The molecule has 0 spiro atoms. The topological polar surface area (TPSA) is 70.9 Å². The molecule has 0 aliphatic heterocycles. The molecule has 0 aromatic heterocycles. The number of benzene rings is 2. The van der Waals surface area contributed by atoms with Crippen molar-refractivity contribution >= 4 is 23.5 Å². The molecule has 108 valence electrons. The van der Waals surface area contributed by atoms with Crippen LogP contribution in [0.1, 0.15) is 6.92 Å². The van der Waals surface area contributed by atoms with Crippen molar-refractivity contribution in [2.24, 2.45) is 4.99 Å². The van der Waals surface area contributed by atoms with Gasteiger partial charge in [0.1, 0.15) is 17.2 Å². The number of aliphatic imine (C=N–C) groups is 1. The number of carbonyl (C=O) groups is 1. The smallest absolute Gasteiger partial charge is 0.266 e. The molecule has 0 bridgehead atoms. The van der Waals surface area contributed by atoms with Crippen LogP contribution in [0.3, 0.4) is 0 Å². The molecule has 2 N–H and O–H groups in total. The van der Waals surface area contributed by atoms with Crippen LogP contribution in [0.5, 0.6) is 11.5 Å². The second-order valence-electron chi connectivity index (χ2n) is 4.19. The number of rotatable bonds is 5. The molecular formula is C16H16N2O3. The van der Waals surface area contributed by atoms with Crippen molar-refractivity contribution < 1.29 is 14.6 Å². The quantitative estimate of drug-likeness (QED) is 0.829. The number of aromatic hydroxyl groups is 1. The van der Waals surface area contributed by atoms with E-state index in [1.54, 1.807) is 42.5 Å². The van der Waals surface area contributed by atoms with Gasteiger partial charge in [-0.05, 0) is 43.3 Å². The fourth-order valence-corrected chi connectivity index (χ4v) is 1.68. The Kier molecular flexibility index (Phi) is 4.93. The Morgan fingerprint density at radius 2 is 1.95 bits per heavy atom. The number of nitrogens with zero attached hydrogens (tertiary/aromatic N) is 1. The van der Waals surface area contributed by atoms with Crippen LogP contribution in [0.25, 0.3) is 0 Å². The average molecular weight is 284 g/mol. The van der Waals surface area contributed by atoms with Crippen LogP contribution in [0.15, 0.2) is 53.5 Å². The van der Waals surface area contributed by atoms with Crippen LogP contribution >= 0.6 is 0 Å². The van der Waals surface area contributed by atoms with Crippen molar-refractivity contribution in [1.82, 2.24) is 0 Å². The minimum Gasteiger partial charge on any atom is -0.506 e.